The second-order valence-electron chi connectivity index (χ2n) is 6.55. The van der Waals surface area contributed by atoms with Gasteiger partial charge in [-0.15, -0.1) is 0 Å². The van der Waals surface area contributed by atoms with Crippen LogP contribution in [-0.2, 0) is 16.0 Å². The summed E-state index contributed by atoms with van der Waals surface area (Å²) in [5.41, 5.74) is 3.05. The van der Waals surface area contributed by atoms with Gasteiger partial charge in [0.05, 0.1) is 0 Å². The van der Waals surface area contributed by atoms with Crippen LogP contribution in [-0.4, -0.2) is 5.97 Å². The first-order valence-electron chi connectivity index (χ1n) is 8.11. The number of hydrogen-bond donors (Lipinski definition) is 0. The SMILES string of the molecule is C=C(C)C(=O)OC1c2ccccc2CCC1C1CCCC1. The molecule has 0 saturated heterocycles. The minimum atomic E-state index is -0.250. The zero-order valence-corrected chi connectivity index (χ0v) is 12.8. The van der Waals surface area contributed by atoms with E-state index < -0.39 is 0 Å². The Bertz CT molecular complexity index is 540. The number of fused-ring (bicyclic) bond motifs is 1. The van der Waals surface area contributed by atoms with Gasteiger partial charge in [-0.1, -0.05) is 56.5 Å². The van der Waals surface area contributed by atoms with Crippen molar-refractivity contribution in [1.82, 2.24) is 0 Å². The molecule has 2 aliphatic rings. The molecular weight excluding hydrogens is 260 g/mol. The van der Waals surface area contributed by atoms with Gasteiger partial charge in [0, 0.05) is 11.5 Å². The molecule has 2 nitrogen and oxygen atoms in total. The summed E-state index contributed by atoms with van der Waals surface area (Å²) in [5, 5.41) is 0. The molecule has 0 amide bonds. The van der Waals surface area contributed by atoms with Crippen LogP contribution in [0.15, 0.2) is 36.4 Å². The van der Waals surface area contributed by atoms with Crippen molar-refractivity contribution in [2.75, 3.05) is 0 Å². The Labute approximate surface area is 127 Å². The van der Waals surface area contributed by atoms with Gasteiger partial charge in [0.1, 0.15) is 6.10 Å². The predicted molar refractivity (Wildman–Crippen MR) is 83.9 cm³/mol. The van der Waals surface area contributed by atoms with Crippen molar-refractivity contribution in [2.24, 2.45) is 11.8 Å². The van der Waals surface area contributed by atoms with Crippen LogP contribution < -0.4 is 0 Å². The van der Waals surface area contributed by atoms with Crippen molar-refractivity contribution in [3.05, 3.63) is 47.5 Å². The Balaban J connectivity index is 1.90. The van der Waals surface area contributed by atoms with E-state index in [1.807, 2.05) is 0 Å². The van der Waals surface area contributed by atoms with E-state index in [9.17, 15) is 4.79 Å². The van der Waals surface area contributed by atoms with E-state index in [1.54, 1.807) is 6.92 Å². The third kappa shape index (κ3) is 2.90. The third-order valence-electron chi connectivity index (χ3n) is 5.09. The summed E-state index contributed by atoms with van der Waals surface area (Å²) in [5.74, 6) is 0.937. The first kappa shape index (κ1) is 14.4. The van der Waals surface area contributed by atoms with Crippen molar-refractivity contribution >= 4 is 5.97 Å². The van der Waals surface area contributed by atoms with Gasteiger partial charge >= 0.3 is 5.97 Å². The molecule has 1 fully saturated rings. The smallest absolute Gasteiger partial charge is 0.333 e. The summed E-state index contributed by atoms with van der Waals surface area (Å²) in [4.78, 5) is 12.1. The van der Waals surface area contributed by atoms with Crippen molar-refractivity contribution in [3.8, 4) is 0 Å². The summed E-state index contributed by atoms with van der Waals surface area (Å²) < 4.78 is 5.87. The van der Waals surface area contributed by atoms with Crippen LogP contribution in [0.25, 0.3) is 0 Å². The molecular formula is C19H24O2. The lowest BCUT2D eigenvalue weighted by molar-refractivity contribution is -0.149. The van der Waals surface area contributed by atoms with Crippen molar-refractivity contribution in [3.63, 3.8) is 0 Å². The normalized spacial score (nSPS) is 25.4. The van der Waals surface area contributed by atoms with E-state index >= 15 is 0 Å². The van der Waals surface area contributed by atoms with Gasteiger partial charge in [0.15, 0.2) is 0 Å². The second-order valence-corrected chi connectivity index (χ2v) is 6.55. The Morgan fingerprint density at radius 1 is 1.19 bits per heavy atom. The zero-order chi connectivity index (χ0) is 14.8. The maximum atomic E-state index is 12.1. The van der Waals surface area contributed by atoms with Crippen LogP contribution in [0.5, 0.6) is 0 Å². The highest BCUT2D eigenvalue weighted by molar-refractivity contribution is 5.87. The summed E-state index contributed by atoms with van der Waals surface area (Å²) >= 11 is 0. The summed E-state index contributed by atoms with van der Waals surface area (Å²) in [6, 6.07) is 8.43. The lowest BCUT2D eigenvalue weighted by Gasteiger charge is -2.36. The van der Waals surface area contributed by atoms with Gasteiger partial charge < -0.3 is 4.74 Å². The van der Waals surface area contributed by atoms with Gasteiger partial charge in [-0.2, -0.15) is 0 Å². The lowest BCUT2D eigenvalue weighted by Crippen LogP contribution is -2.30. The fraction of sp³-hybridized carbons (Fsp3) is 0.526. The summed E-state index contributed by atoms with van der Waals surface area (Å²) in [6.07, 6.45) is 7.38. The highest BCUT2D eigenvalue weighted by atomic mass is 16.5. The molecule has 0 aliphatic heterocycles. The minimum absolute atomic E-state index is 0.0813. The number of esters is 1. The molecule has 2 aliphatic carbocycles. The van der Waals surface area contributed by atoms with Crippen molar-refractivity contribution in [2.45, 2.75) is 51.6 Å². The van der Waals surface area contributed by atoms with Crippen LogP contribution in [0.4, 0.5) is 0 Å². The first-order chi connectivity index (χ1) is 10.2. The topological polar surface area (TPSA) is 26.3 Å². The molecule has 2 heteroatoms. The molecule has 0 bridgehead atoms. The minimum Gasteiger partial charge on any atom is -0.454 e. The van der Waals surface area contributed by atoms with E-state index in [0.717, 1.165) is 12.8 Å². The molecule has 0 spiro atoms. The Morgan fingerprint density at radius 3 is 2.62 bits per heavy atom. The highest BCUT2D eigenvalue weighted by Crippen LogP contribution is 2.46. The Morgan fingerprint density at radius 2 is 1.90 bits per heavy atom. The van der Waals surface area contributed by atoms with Crippen LogP contribution in [0, 0.1) is 11.8 Å². The van der Waals surface area contributed by atoms with Gasteiger partial charge in [-0.3, -0.25) is 0 Å². The van der Waals surface area contributed by atoms with E-state index in [4.69, 9.17) is 4.74 Å². The monoisotopic (exact) mass is 284 g/mol. The fourth-order valence-corrected chi connectivity index (χ4v) is 3.98. The van der Waals surface area contributed by atoms with Crippen LogP contribution in [0.1, 0.15) is 56.3 Å². The third-order valence-corrected chi connectivity index (χ3v) is 5.09. The summed E-state index contributed by atoms with van der Waals surface area (Å²) in [7, 11) is 0. The second kappa shape index (κ2) is 6.05. The molecule has 1 aromatic rings. The van der Waals surface area contributed by atoms with Crippen molar-refractivity contribution < 1.29 is 9.53 Å². The van der Waals surface area contributed by atoms with Gasteiger partial charge in [0.25, 0.3) is 0 Å². The molecule has 3 rings (SSSR count). The number of benzene rings is 1. The predicted octanol–water partition coefficient (Wildman–Crippen LogP) is 4.60. The molecule has 21 heavy (non-hydrogen) atoms. The molecule has 0 heterocycles. The summed E-state index contributed by atoms with van der Waals surface area (Å²) in [6.45, 7) is 5.45. The molecule has 0 radical (unpaired) electrons. The highest BCUT2D eigenvalue weighted by Gasteiger charge is 2.38. The van der Waals surface area contributed by atoms with Gasteiger partial charge in [-0.25, -0.2) is 4.79 Å². The zero-order valence-electron chi connectivity index (χ0n) is 12.8. The quantitative estimate of drug-likeness (QED) is 0.599. The molecule has 0 N–H and O–H groups in total. The Hall–Kier alpha value is -1.57. The van der Waals surface area contributed by atoms with E-state index in [0.29, 0.717) is 17.4 Å². The van der Waals surface area contributed by atoms with Crippen molar-refractivity contribution in [1.29, 1.82) is 0 Å². The number of ether oxygens (including phenoxy) is 1. The number of aryl methyl sites for hydroxylation is 1. The van der Waals surface area contributed by atoms with E-state index in [1.165, 1.54) is 36.8 Å². The lowest BCUT2D eigenvalue weighted by atomic mass is 9.74. The van der Waals surface area contributed by atoms with Crippen LogP contribution in [0.3, 0.4) is 0 Å². The standard InChI is InChI=1S/C19H24O2/c1-13(2)19(20)21-18-16-10-6-5-9-15(16)11-12-17(18)14-7-3-4-8-14/h5-6,9-10,14,17-18H,1,3-4,7-8,11-12H2,2H3. The number of hydrogen-bond acceptors (Lipinski definition) is 2. The number of rotatable bonds is 3. The first-order valence-corrected chi connectivity index (χ1v) is 8.11. The number of carbonyl (C=O) groups is 1. The maximum Gasteiger partial charge on any atom is 0.333 e. The largest absolute Gasteiger partial charge is 0.454 e. The van der Waals surface area contributed by atoms with Crippen LogP contribution in [0.2, 0.25) is 0 Å². The average molecular weight is 284 g/mol. The molecule has 2 atom stereocenters. The van der Waals surface area contributed by atoms with Gasteiger partial charge in [0.2, 0.25) is 0 Å². The maximum absolute atomic E-state index is 12.1. The average Bonchev–Trinajstić information content (AvgIpc) is 3.01. The molecule has 2 unspecified atom stereocenters. The van der Waals surface area contributed by atoms with E-state index in [2.05, 4.69) is 30.8 Å². The fourth-order valence-electron chi connectivity index (χ4n) is 3.98. The molecule has 1 aromatic carbocycles. The molecule has 0 aromatic heterocycles. The Kier molecular flexibility index (Phi) is 4.14. The molecule has 112 valence electrons. The van der Waals surface area contributed by atoms with Crippen LogP contribution >= 0.6 is 0 Å². The van der Waals surface area contributed by atoms with E-state index in [-0.39, 0.29) is 12.1 Å². The van der Waals surface area contributed by atoms with Gasteiger partial charge in [-0.05, 0) is 36.8 Å². The molecule has 1 saturated carbocycles. The number of carbonyl (C=O) groups excluding carboxylic acids is 1.